The van der Waals surface area contributed by atoms with Gasteiger partial charge in [-0.3, -0.25) is 33.7 Å². The molecule has 11 nitrogen and oxygen atoms in total. The molecule has 0 aromatic heterocycles. The standard InChI is InChI=1S/C28H28Br2N4O7/c1-16-3-2-4-18(13-16)14-17-5-7-19(8-6-17)32-26(39)20(9-10-23(37)38)33-22(36)15-31-21(35)11-12-34-27(40)24(29)25(30)28(34)41/h2-8,13,20H,9-12,14-15H2,1H3,(H,31,35)(H,32,39)(H,33,36)(H,37,38)/t20-/m0/s1. The molecule has 216 valence electrons. The van der Waals surface area contributed by atoms with Gasteiger partial charge in [-0.05, 0) is 74.9 Å². The highest BCUT2D eigenvalue weighted by atomic mass is 79.9. The molecule has 0 aliphatic carbocycles. The van der Waals surface area contributed by atoms with Crippen LogP contribution in [0.4, 0.5) is 5.69 Å². The van der Waals surface area contributed by atoms with Crippen LogP contribution in [0.15, 0.2) is 57.5 Å². The van der Waals surface area contributed by atoms with Crippen molar-refractivity contribution in [1.29, 1.82) is 0 Å². The van der Waals surface area contributed by atoms with Crippen LogP contribution in [-0.2, 0) is 35.2 Å². The van der Waals surface area contributed by atoms with Gasteiger partial charge in [0.25, 0.3) is 11.8 Å². The van der Waals surface area contributed by atoms with Crippen molar-refractivity contribution >= 4 is 73.1 Å². The zero-order chi connectivity index (χ0) is 30.1. The number of hydrogen-bond donors (Lipinski definition) is 4. The van der Waals surface area contributed by atoms with Crippen molar-refractivity contribution in [3.63, 3.8) is 0 Å². The van der Waals surface area contributed by atoms with Crippen molar-refractivity contribution in [2.24, 2.45) is 0 Å². The molecule has 1 atom stereocenters. The fourth-order valence-electron chi connectivity index (χ4n) is 3.98. The van der Waals surface area contributed by atoms with Crippen LogP contribution in [0.2, 0.25) is 0 Å². The van der Waals surface area contributed by atoms with E-state index in [2.05, 4.69) is 53.9 Å². The summed E-state index contributed by atoms with van der Waals surface area (Å²) in [6.45, 7) is 1.34. The van der Waals surface area contributed by atoms with Crippen molar-refractivity contribution in [3.8, 4) is 0 Å². The van der Waals surface area contributed by atoms with Crippen LogP contribution in [0, 0.1) is 6.92 Å². The Morgan fingerprint density at radius 2 is 1.56 bits per heavy atom. The van der Waals surface area contributed by atoms with Crippen molar-refractivity contribution in [1.82, 2.24) is 15.5 Å². The number of halogens is 2. The van der Waals surface area contributed by atoms with E-state index in [0.717, 1.165) is 28.0 Å². The van der Waals surface area contributed by atoms with E-state index >= 15 is 0 Å². The third-order valence-electron chi connectivity index (χ3n) is 6.08. The molecule has 0 radical (unpaired) electrons. The molecule has 0 spiro atoms. The molecule has 2 aromatic rings. The third-order valence-corrected chi connectivity index (χ3v) is 8.08. The highest BCUT2D eigenvalue weighted by molar-refractivity contribution is 9.14. The quantitative estimate of drug-likeness (QED) is 0.235. The molecule has 5 amide bonds. The molecule has 1 aliphatic heterocycles. The van der Waals surface area contributed by atoms with Crippen LogP contribution in [0.25, 0.3) is 0 Å². The summed E-state index contributed by atoms with van der Waals surface area (Å²) in [4.78, 5) is 73.6. The smallest absolute Gasteiger partial charge is 0.303 e. The maximum absolute atomic E-state index is 12.9. The first-order chi connectivity index (χ1) is 19.4. The summed E-state index contributed by atoms with van der Waals surface area (Å²) in [6, 6.07) is 14.2. The molecule has 0 unspecified atom stereocenters. The third kappa shape index (κ3) is 9.35. The lowest BCUT2D eigenvalue weighted by Crippen LogP contribution is -2.48. The summed E-state index contributed by atoms with van der Waals surface area (Å²) >= 11 is 6.00. The second-order valence-electron chi connectivity index (χ2n) is 9.32. The molecule has 2 aromatic carbocycles. The van der Waals surface area contributed by atoms with Crippen molar-refractivity contribution in [3.05, 3.63) is 74.2 Å². The van der Waals surface area contributed by atoms with Gasteiger partial charge in [-0.15, -0.1) is 0 Å². The Hall–Kier alpha value is -3.84. The van der Waals surface area contributed by atoms with Crippen LogP contribution in [-0.4, -0.2) is 64.6 Å². The van der Waals surface area contributed by atoms with Gasteiger partial charge in [-0.25, -0.2) is 0 Å². The van der Waals surface area contributed by atoms with Crippen LogP contribution in [0.3, 0.4) is 0 Å². The number of carboxylic acids is 1. The lowest BCUT2D eigenvalue weighted by molar-refractivity contribution is -0.138. The Morgan fingerprint density at radius 1 is 0.902 bits per heavy atom. The normalized spacial score (nSPS) is 13.7. The number of nitrogens with zero attached hydrogens (tertiary/aromatic N) is 1. The van der Waals surface area contributed by atoms with E-state index in [1.54, 1.807) is 12.1 Å². The van der Waals surface area contributed by atoms with Crippen molar-refractivity contribution in [2.75, 3.05) is 18.4 Å². The number of hydrogen-bond acceptors (Lipinski definition) is 6. The molecule has 0 saturated heterocycles. The summed E-state index contributed by atoms with van der Waals surface area (Å²) in [7, 11) is 0. The maximum atomic E-state index is 12.9. The molecular weight excluding hydrogens is 664 g/mol. The SMILES string of the molecule is Cc1cccc(Cc2ccc(NC(=O)[C@H](CCC(=O)O)NC(=O)CNC(=O)CCN3C(=O)C(Br)=C(Br)C3=O)cc2)c1. The van der Waals surface area contributed by atoms with E-state index in [4.69, 9.17) is 5.11 Å². The van der Waals surface area contributed by atoms with E-state index in [1.165, 1.54) is 0 Å². The fourth-order valence-corrected chi connectivity index (χ4v) is 4.74. The van der Waals surface area contributed by atoms with Gasteiger partial charge in [-0.2, -0.15) is 0 Å². The number of anilines is 1. The van der Waals surface area contributed by atoms with Gasteiger partial charge in [0.1, 0.15) is 15.0 Å². The number of benzene rings is 2. The summed E-state index contributed by atoms with van der Waals surface area (Å²) in [5.41, 5.74) is 3.83. The number of nitrogens with one attached hydrogen (secondary N) is 3. The van der Waals surface area contributed by atoms with Crippen LogP contribution >= 0.6 is 31.9 Å². The number of imide groups is 1. The number of amides is 5. The average molecular weight is 692 g/mol. The molecule has 1 heterocycles. The minimum Gasteiger partial charge on any atom is -0.481 e. The summed E-state index contributed by atoms with van der Waals surface area (Å²) < 4.78 is 0.123. The van der Waals surface area contributed by atoms with Gasteiger partial charge in [0, 0.05) is 25.1 Å². The van der Waals surface area contributed by atoms with Crippen LogP contribution in [0.5, 0.6) is 0 Å². The molecule has 13 heteroatoms. The molecule has 0 bridgehead atoms. The topological polar surface area (TPSA) is 162 Å². The Kier molecular flexibility index (Phi) is 11.4. The fraction of sp³-hybridized carbons (Fsp3) is 0.286. The monoisotopic (exact) mass is 690 g/mol. The first-order valence-electron chi connectivity index (χ1n) is 12.6. The second-order valence-corrected chi connectivity index (χ2v) is 10.9. The van der Waals surface area contributed by atoms with Gasteiger partial charge in [0.05, 0.1) is 6.54 Å². The highest BCUT2D eigenvalue weighted by Crippen LogP contribution is 2.29. The van der Waals surface area contributed by atoms with Gasteiger partial charge < -0.3 is 21.1 Å². The summed E-state index contributed by atoms with van der Waals surface area (Å²) in [5.74, 6) is -4.21. The van der Waals surface area contributed by atoms with Gasteiger partial charge in [-0.1, -0.05) is 42.0 Å². The Bertz CT molecular complexity index is 1370. The molecule has 0 saturated carbocycles. The molecule has 4 N–H and O–H groups in total. The Labute approximate surface area is 253 Å². The van der Waals surface area contributed by atoms with E-state index in [-0.39, 0.29) is 34.8 Å². The summed E-state index contributed by atoms with van der Waals surface area (Å²) in [6.07, 6.45) is -0.0525. The first kappa shape index (κ1) is 31.7. The van der Waals surface area contributed by atoms with E-state index in [9.17, 15) is 28.8 Å². The van der Waals surface area contributed by atoms with Crippen LogP contribution < -0.4 is 16.0 Å². The molecule has 1 aliphatic rings. The predicted octanol–water partition coefficient (Wildman–Crippen LogP) is 2.75. The van der Waals surface area contributed by atoms with E-state index in [0.29, 0.717) is 5.69 Å². The largest absolute Gasteiger partial charge is 0.481 e. The van der Waals surface area contributed by atoms with E-state index < -0.39 is 48.1 Å². The van der Waals surface area contributed by atoms with Gasteiger partial charge in [0.15, 0.2) is 0 Å². The predicted molar refractivity (Wildman–Crippen MR) is 157 cm³/mol. The molecule has 0 fully saturated rings. The Morgan fingerprint density at radius 3 is 2.17 bits per heavy atom. The lowest BCUT2D eigenvalue weighted by Gasteiger charge is -2.18. The Balaban J connectivity index is 1.50. The zero-order valence-corrected chi connectivity index (χ0v) is 25.2. The number of aryl methyl sites for hydroxylation is 1. The highest BCUT2D eigenvalue weighted by Gasteiger charge is 2.35. The van der Waals surface area contributed by atoms with Gasteiger partial charge in [0.2, 0.25) is 17.7 Å². The number of carboxylic acid groups (broad SMARTS) is 1. The number of carbonyl (C=O) groups excluding carboxylic acids is 5. The second kappa shape index (κ2) is 14.7. The van der Waals surface area contributed by atoms with Crippen LogP contribution in [0.1, 0.15) is 36.0 Å². The molecule has 3 rings (SSSR count). The lowest BCUT2D eigenvalue weighted by atomic mass is 10.0. The van der Waals surface area contributed by atoms with Crippen molar-refractivity contribution in [2.45, 2.75) is 38.6 Å². The van der Waals surface area contributed by atoms with Gasteiger partial charge >= 0.3 is 5.97 Å². The zero-order valence-electron chi connectivity index (χ0n) is 22.0. The average Bonchev–Trinajstić information content (AvgIpc) is 3.11. The minimum absolute atomic E-state index is 0.0613. The molecular formula is C28H28Br2N4O7. The van der Waals surface area contributed by atoms with Crippen molar-refractivity contribution < 1.29 is 33.9 Å². The number of aliphatic carboxylic acids is 1. The van der Waals surface area contributed by atoms with E-state index in [1.807, 2.05) is 37.3 Å². The molecule has 41 heavy (non-hydrogen) atoms. The first-order valence-corrected chi connectivity index (χ1v) is 14.2. The summed E-state index contributed by atoms with van der Waals surface area (Å²) in [5, 5.41) is 16.6. The number of carbonyl (C=O) groups is 6. The number of rotatable bonds is 13. The minimum atomic E-state index is -1.16. The maximum Gasteiger partial charge on any atom is 0.303 e.